The molecule has 0 radical (unpaired) electrons. The Morgan fingerprint density at radius 2 is 1.83 bits per heavy atom. The molecule has 2 heterocycles. The summed E-state index contributed by atoms with van der Waals surface area (Å²) < 4.78 is 5.63. The first kappa shape index (κ1) is 16.9. The third-order valence-corrected chi connectivity index (χ3v) is 4.45. The number of aliphatic hydroxyl groups excluding tert-OH is 1. The van der Waals surface area contributed by atoms with Gasteiger partial charge in [-0.1, -0.05) is 36.4 Å². The lowest BCUT2D eigenvalue weighted by atomic mass is 10.2. The highest BCUT2D eigenvalue weighted by molar-refractivity contribution is 5.31. The predicted molar refractivity (Wildman–Crippen MR) is 92.9 cm³/mol. The van der Waals surface area contributed by atoms with Gasteiger partial charge < -0.3 is 14.7 Å². The Kier molecular flexibility index (Phi) is 6.18. The number of quaternary nitrogens is 1. The second-order valence-corrected chi connectivity index (χ2v) is 6.34. The highest BCUT2D eigenvalue weighted by Crippen LogP contribution is 2.04. The molecule has 2 aromatic rings. The Bertz CT molecular complexity index is 586. The van der Waals surface area contributed by atoms with Crippen molar-refractivity contribution in [3.8, 4) is 0 Å². The number of nitrogens with zero attached hydrogens (tertiary/aromatic N) is 1. The molecule has 1 unspecified atom stereocenters. The van der Waals surface area contributed by atoms with Gasteiger partial charge in [-0.2, -0.15) is 0 Å². The van der Waals surface area contributed by atoms with Crippen LogP contribution in [0.15, 0.2) is 54.7 Å². The molecular formula is C19H27N3O2+2. The molecule has 1 aliphatic rings. The molecule has 5 heteroatoms. The molecule has 0 saturated carbocycles. The number of ether oxygens (including phenoxy) is 1. The lowest BCUT2D eigenvalue weighted by molar-refractivity contribution is -0.903. The number of nitrogens with one attached hydrogen (secondary N) is 2. The van der Waals surface area contributed by atoms with Crippen LogP contribution in [-0.2, 0) is 11.3 Å². The van der Waals surface area contributed by atoms with E-state index in [4.69, 9.17) is 4.74 Å². The number of hydrogen-bond acceptors (Lipinski definition) is 3. The van der Waals surface area contributed by atoms with E-state index in [0.717, 1.165) is 38.3 Å². The van der Waals surface area contributed by atoms with Gasteiger partial charge in [-0.25, -0.2) is 4.98 Å². The van der Waals surface area contributed by atoms with E-state index in [0.29, 0.717) is 13.2 Å². The minimum Gasteiger partial charge on any atom is -0.385 e. The molecular weight excluding hydrogens is 302 g/mol. The van der Waals surface area contributed by atoms with Gasteiger partial charge in [0.2, 0.25) is 0 Å². The van der Waals surface area contributed by atoms with Crippen molar-refractivity contribution in [3.63, 3.8) is 0 Å². The smallest absolute Gasteiger partial charge is 0.274 e. The van der Waals surface area contributed by atoms with Crippen LogP contribution in [0.3, 0.4) is 0 Å². The van der Waals surface area contributed by atoms with E-state index in [2.05, 4.69) is 22.0 Å². The summed E-state index contributed by atoms with van der Waals surface area (Å²) >= 11 is 0. The summed E-state index contributed by atoms with van der Waals surface area (Å²) in [6.07, 6.45) is 1.56. The van der Waals surface area contributed by atoms with E-state index in [1.165, 1.54) is 10.7 Å². The monoisotopic (exact) mass is 329 g/mol. The summed E-state index contributed by atoms with van der Waals surface area (Å²) in [5.41, 5.74) is 1.14. The number of hydrogen-bond donors (Lipinski definition) is 2. The molecule has 1 aromatic carbocycles. The van der Waals surface area contributed by atoms with Gasteiger partial charge in [0, 0.05) is 6.07 Å². The Labute approximate surface area is 143 Å². The Hall–Kier alpha value is -1.95. The zero-order valence-corrected chi connectivity index (χ0v) is 14.0. The van der Waals surface area contributed by atoms with Crippen LogP contribution in [0.25, 0.3) is 0 Å². The minimum atomic E-state index is -0.404. The van der Waals surface area contributed by atoms with Gasteiger partial charge in [0.05, 0.1) is 19.4 Å². The zero-order chi connectivity index (χ0) is 16.6. The number of rotatable bonds is 7. The van der Waals surface area contributed by atoms with Crippen LogP contribution in [0.5, 0.6) is 0 Å². The standard InChI is InChI=1S/C19H25N3O2/c23-18(16-24-15-17-6-2-1-3-7-17)14-21-10-12-22(13-11-21)19-8-4-5-9-20-19/h1-9,18,23H,10-16H2/p+2. The number of aliphatic hydroxyl groups is 1. The maximum absolute atomic E-state index is 10.2. The van der Waals surface area contributed by atoms with Crippen molar-refractivity contribution in [3.05, 3.63) is 60.3 Å². The molecule has 1 aromatic heterocycles. The van der Waals surface area contributed by atoms with Gasteiger partial charge in [0.1, 0.15) is 38.8 Å². The first-order chi connectivity index (χ1) is 11.8. The topological polar surface area (TPSA) is 51.3 Å². The maximum atomic E-state index is 10.2. The molecule has 1 aliphatic heterocycles. The van der Waals surface area contributed by atoms with E-state index in [-0.39, 0.29) is 0 Å². The second kappa shape index (κ2) is 8.78. The summed E-state index contributed by atoms with van der Waals surface area (Å²) in [4.78, 5) is 7.09. The number of anilines is 1. The lowest BCUT2D eigenvalue weighted by Crippen LogP contribution is -3.16. The average Bonchev–Trinajstić information content (AvgIpc) is 2.64. The van der Waals surface area contributed by atoms with Crippen LogP contribution < -0.4 is 14.8 Å². The number of aromatic nitrogens is 1. The summed E-state index contributed by atoms with van der Waals surface area (Å²) in [5, 5.41) is 10.2. The number of H-pyrrole nitrogens is 1. The van der Waals surface area contributed by atoms with Gasteiger partial charge in [0.15, 0.2) is 0 Å². The molecule has 0 aliphatic carbocycles. The lowest BCUT2D eigenvalue weighted by Gasteiger charge is -2.29. The molecule has 0 amide bonds. The Morgan fingerprint density at radius 3 is 2.54 bits per heavy atom. The largest absolute Gasteiger partial charge is 0.385 e. The molecule has 5 nitrogen and oxygen atoms in total. The summed E-state index contributed by atoms with van der Waals surface area (Å²) in [6, 6.07) is 16.2. The molecule has 3 N–H and O–H groups in total. The number of aromatic amines is 1. The molecule has 24 heavy (non-hydrogen) atoms. The van der Waals surface area contributed by atoms with Crippen LogP contribution in [-0.4, -0.2) is 50.5 Å². The van der Waals surface area contributed by atoms with Crippen molar-refractivity contribution in [2.45, 2.75) is 12.7 Å². The van der Waals surface area contributed by atoms with Gasteiger partial charge in [-0.3, -0.25) is 4.90 Å². The van der Waals surface area contributed by atoms with E-state index < -0.39 is 6.10 Å². The molecule has 1 fully saturated rings. The second-order valence-electron chi connectivity index (χ2n) is 6.34. The third kappa shape index (κ3) is 5.03. The number of benzene rings is 1. The first-order valence-electron chi connectivity index (χ1n) is 8.66. The van der Waals surface area contributed by atoms with Gasteiger partial charge >= 0.3 is 0 Å². The SMILES string of the molecule is OC(COCc1ccccc1)C[NH+]1CCN(c2cccc[nH+]2)CC1. The fourth-order valence-corrected chi connectivity index (χ4v) is 3.13. The van der Waals surface area contributed by atoms with Crippen LogP contribution in [0.2, 0.25) is 0 Å². The maximum Gasteiger partial charge on any atom is 0.274 e. The third-order valence-electron chi connectivity index (χ3n) is 4.45. The van der Waals surface area contributed by atoms with Crippen molar-refractivity contribution in [1.82, 2.24) is 0 Å². The molecule has 1 atom stereocenters. The first-order valence-corrected chi connectivity index (χ1v) is 8.66. The van der Waals surface area contributed by atoms with E-state index in [9.17, 15) is 5.11 Å². The molecule has 0 spiro atoms. The molecule has 0 bridgehead atoms. The van der Waals surface area contributed by atoms with Crippen molar-refractivity contribution in [1.29, 1.82) is 0 Å². The van der Waals surface area contributed by atoms with Crippen LogP contribution in [0.1, 0.15) is 5.56 Å². The summed E-state index contributed by atoms with van der Waals surface area (Å²) in [7, 11) is 0. The van der Waals surface area contributed by atoms with Crippen LogP contribution >= 0.6 is 0 Å². The normalized spacial score (nSPS) is 17.0. The van der Waals surface area contributed by atoms with Gasteiger partial charge in [-0.05, 0) is 11.6 Å². The fraction of sp³-hybridized carbons (Fsp3) is 0.421. The summed E-state index contributed by atoms with van der Waals surface area (Å²) in [5.74, 6) is 1.17. The number of piperazine rings is 1. The molecule has 128 valence electrons. The summed E-state index contributed by atoms with van der Waals surface area (Å²) in [6.45, 7) is 5.80. The van der Waals surface area contributed by atoms with Crippen molar-refractivity contribution >= 4 is 5.82 Å². The van der Waals surface area contributed by atoms with Crippen molar-refractivity contribution in [2.24, 2.45) is 0 Å². The molecule has 1 saturated heterocycles. The predicted octanol–water partition coefficient (Wildman–Crippen LogP) is -0.217. The van der Waals surface area contributed by atoms with E-state index in [1.807, 2.05) is 42.6 Å². The van der Waals surface area contributed by atoms with Gasteiger partial charge in [-0.15, -0.1) is 0 Å². The highest BCUT2D eigenvalue weighted by atomic mass is 16.5. The van der Waals surface area contributed by atoms with Crippen molar-refractivity contribution < 1.29 is 19.7 Å². The van der Waals surface area contributed by atoms with E-state index in [1.54, 1.807) is 0 Å². The van der Waals surface area contributed by atoms with E-state index >= 15 is 0 Å². The Morgan fingerprint density at radius 1 is 1.08 bits per heavy atom. The number of pyridine rings is 1. The minimum absolute atomic E-state index is 0.397. The quantitative estimate of drug-likeness (QED) is 0.739. The Balaban J connectivity index is 1.35. The molecule has 3 rings (SSSR count). The van der Waals surface area contributed by atoms with Crippen molar-refractivity contribution in [2.75, 3.05) is 44.2 Å². The fourth-order valence-electron chi connectivity index (χ4n) is 3.13. The zero-order valence-electron chi connectivity index (χ0n) is 14.0. The van der Waals surface area contributed by atoms with Crippen LogP contribution in [0, 0.1) is 0 Å². The van der Waals surface area contributed by atoms with Crippen LogP contribution in [0.4, 0.5) is 5.82 Å². The van der Waals surface area contributed by atoms with Gasteiger partial charge in [0.25, 0.3) is 5.82 Å². The highest BCUT2D eigenvalue weighted by Gasteiger charge is 2.27. The average molecular weight is 329 g/mol.